The van der Waals surface area contributed by atoms with Gasteiger partial charge in [0.15, 0.2) is 16.4 Å². The summed E-state index contributed by atoms with van der Waals surface area (Å²) in [5.41, 5.74) is 0. The molecule has 4 bridgehead atoms. The first kappa shape index (κ1) is 16.4. The van der Waals surface area contributed by atoms with Gasteiger partial charge in [-0.25, -0.2) is 8.42 Å². The van der Waals surface area contributed by atoms with Crippen molar-refractivity contribution in [2.75, 3.05) is 18.1 Å². The fourth-order valence-corrected chi connectivity index (χ4v) is 7.39. The molecule has 1 saturated heterocycles. The first-order valence-corrected chi connectivity index (χ1v) is 10.9. The van der Waals surface area contributed by atoms with Gasteiger partial charge < -0.3 is 10.1 Å². The highest BCUT2D eigenvalue weighted by Crippen LogP contribution is 2.56. The van der Waals surface area contributed by atoms with Gasteiger partial charge in [0, 0.05) is 6.04 Å². The zero-order chi connectivity index (χ0) is 16.9. The summed E-state index contributed by atoms with van der Waals surface area (Å²) in [6.07, 6.45) is 6.33. The van der Waals surface area contributed by atoms with Gasteiger partial charge in [0.25, 0.3) is 5.91 Å². The maximum atomic E-state index is 12.5. The van der Waals surface area contributed by atoms with Gasteiger partial charge in [-0.15, -0.1) is 0 Å². The van der Waals surface area contributed by atoms with Gasteiger partial charge in [0.2, 0.25) is 0 Å². The largest absolute Gasteiger partial charge is 0.455 e. The summed E-state index contributed by atoms with van der Waals surface area (Å²) in [5.74, 6) is 1.93. The van der Waals surface area contributed by atoms with Crippen LogP contribution in [0.3, 0.4) is 0 Å². The molecule has 0 radical (unpaired) electrons. The van der Waals surface area contributed by atoms with Crippen LogP contribution in [-0.2, 0) is 24.2 Å². The molecule has 4 aliphatic carbocycles. The van der Waals surface area contributed by atoms with E-state index in [4.69, 9.17) is 4.74 Å². The minimum atomic E-state index is -3.02. The van der Waals surface area contributed by atoms with Crippen LogP contribution in [-0.4, -0.2) is 44.4 Å². The number of carbonyl (C=O) groups is 2. The summed E-state index contributed by atoms with van der Waals surface area (Å²) in [5, 5.41) is 2.66. The van der Waals surface area contributed by atoms with Gasteiger partial charge in [0.1, 0.15) is 0 Å². The molecule has 0 aromatic heterocycles. The van der Waals surface area contributed by atoms with E-state index in [1.54, 1.807) is 0 Å². The van der Waals surface area contributed by atoms with E-state index in [-0.39, 0.29) is 36.0 Å². The fourth-order valence-electron chi connectivity index (χ4n) is 5.72. The Morgan fingerprint density at radius 2 is 1.62 bits per heavy atom. The quantitative estimate of drug-likeness (QED) is 0.757. The minimum Gasteiger partial charge on any atom is -0.455 e. The van der Waals surface area contributed by atoms with Crippen molar-refractivity contribution in [2.45, 2.75) is 44.6 Å². The SMILES string of the molecule is O=C(COC(=O)C1C2CC3CC(C2)CC1C3)NC1CCS(=O)(=O)C1. The molecule has 1 heterocycles. The first-order valence-electron chi connectivity index (χ1n) is 9.06. The number of sulfone groups is 1. The maximum absolute atomic E-state index is 12.5. The van der Waals surface area contributed by atoms with Crippen molar-refractivity contribution >= 4 is 21.7 Å². The van der Waals surface area contributed by atoms with Gasteiger partial charge in [-0.05, 0) is 62.2 Å². The lowest BCUT2D eigenvalue weighted by Crippen LogP contribution is -2.49. The number of ether oxygens (including phenoxy) is 1. The summed E-state index contributed by atoms with van der Waals surface area (Å²) in [6, 6.07) is -0.345. The number of amides is 1. The molecule has 5 rings (SSSR count). The average Bonchev–Trinajstić information content (AvgIpc) is 2.83. The predicted molar refractivity (Wildman–Crippen MR) is 86.7 cm³/mol. The smallest absolute Gasteiger partial charge is 0.310 e. The van der Waals surface area contributed by atoms with Crippen LogP contribution in [0.5, 0.6) is 0 Å². The topological polar surface area (TPSA) is 89.5 Å². The average molecular weight is 355 g/mol. The second-order valence-corrected chi connectivity index (χ2v) is 10.5. The van der Waals surface area contributed by atoms with Crippen LogP contribution in [0.15, 0.2) is 0 Å². The standard InChI is InChI=1S/C17H25NO5S/c19-15(18-14-1-2-24(21,22)9-14)8-23-17(20)16-12-4-10-3-11(6-12)7-13(16)5-10/h10-14,16H,1-9H2,(H,18,19). The van der Waals surface area contributed by atoms with Crippen LogP contribution in [0, 0.1) is 29.6 Å². The van der Waals surface area contributed by atoms with E-state index in [9.17, 15) is 18.0 Å². The lowest BCUT2D eigenvalue weighted by atomic mass is 9.52. The molecular weight excluding hydrogens is 330 g/mol. The molecule has 134 valence electrons. The van der Waals surface area contributed by atoms with E-state index in [1.807, 2.05) is 0 Å². The third-order valence-electron chi connectivity index (χ3n) is 6.44. The number of hydrogen-bond donors (Lipinski definition) is 1. The molecule has 0 aromatic rings. The van der Waals surface area contributed by atoms with Crippen molar-refractivity contribution in [3.63, 3.8) is 0 Å². The lowest BCUT2D eigenvalue weighted by molar-refractivity contribution is -0.164. The molecule has 1 aliphatic heterocycles. The van der Waals surface area contributed by atoms with Crippen molar-refractivity contribution in [1.29, 1.82) is 0 Å². The van der Waals surface area contributed by atoms with Gasteiger partial charge >= 0.3 is 5.97 Å². The summed E-state index contributed by atoms with van der Waals surface area (Å²) >= 11 is 0. The van der Waals surface area contributed by atoms with Gasteiger partial charge in [-0.1, -0.05) is 0 Å². The Kier molecular flexibility index (Phi) is 4.09. The fraction of sp³-hybridized carbons (Fsp3) is 0.882. The first-order chi connectivity index (χ1) is 11.4. The van der Waals surface area contributed by atoms with E-state index in [0.717, 1.165) is 37.5 Å². The Morgan fingerprint density at radius 3 is 2.17 bits per heavy atom. The molecule has 6 nitrogen and oxygen atoms in total. The van der Waals surface area contributed by atoms with Crippen molar-refractivity contribution < 1.29 is 22.7 Å². The minimum absolute atomic E-state index is 0.0117. The molecule has 1 unspecified atom stereocenters. The maximum Gasteiger partial charge on any atom is 0.310 e. The molecule has 0 aromatic carbocycles. The Bertz CT molecular complexity index is 615. The number of nitrogens with one attached hydrogen (secondary N) is 1. The summed E-state index contributed by atoms with van der Waals surface area (Å²) in [7, 11) is -3.02. The van der Waals surface area contributed by atoms with Crippen molar-refractivity contribution in [3.05, 3.63) is 0 Å². The highest BCUT2D eigenvalue weighted by molar-refractivity contribution is 7.91. The van der Waals surface area contributed by atoms with E-state index >= 15 is 0 Å². The summed E-state index contributed by atoms with van der Waals surface area (Å²) in [6.45, 7) is -0.293. The van der Waals surface area contributed by atoms with E-state index in [0.29, 0.717) is 18.3 Å². The summed E-state index contributed by atoms with van der Waals surface area (Å²) < 4.78 is 28.1. The van der Waals surface area contributed by atoms with Crippen LogP contribution in [0.2, 0.25) is 0 Å². The number of hydrogen-bond acceptors (Lipinski definition) is 5. The highest BCUT2D eigenvalue weighted by atomic mass is 32.2. The molecule has 1 atom stereocenters. The monoisotopic (exact) mass is 355 g/mol. The molecule has 1 amide bonds. The third-order valence-corrected chi connectivity index (χ3v) is 8.21. The number of rotatable bonds is 4. The number of carbonyl (C=O) groups excluding carboxylic acids is 2. The summed E-state index contributed by atoms with van der Waals surface area (Å²) in [4.78, 5) is 24.4. The van der Waals surface area contributed by atoms with Crippen LogP contribution < -0.4 is 5.32 Å². The van der Waals surface area contributed by atoms with Crippen LogP contribution in [0.25, 0.3) is 0 Å². The third kappa shape index (κ3) is 3.19. The molecule has 5 aliphatic rings. The zero-order valence-corrected chi connectivity index (χ0v) is 14.6. The molecule has 5 fully saturated rings. The van der Waals surface area contributed by atoms with Gasteiger partial charge in [-0.3, -0.25) is 9.59 Å². The molecule has 1 N–H and O–H groups in total. The normalized spacial score (nSPS) is 42.0. The molecule has 24 heavy (non-hydrogen) atoms. The van der Waals surface area contributed by atoms with Crippen LogP contribution in [0.4, 0.5) is 0 Å². The van der Waals surface area contributed by atoms with Crippen LogP contribution in [0.1, 0.15) is 38.5 Å². The second kappa shape index (κ2) is 6.00. The second-order valence-electron chi connectivity index (χ2n) is 8.23. The van der Waals surface area contributed by atoms with Crippen molar-refractivity contribution in [1.82, 2.24) is 5.32 Å². The van der Waals surface area contributed by atoms with Crippen LogP contribution >= 0.6 is 0 Å². The zero-order valence-electron chi connectivity index (χ0n) is 13.8. The molecular formula is C17H25NO5S. The predicted octanol–water partition coefficient (Wildman–Crippen LogP) is 0.905. The van der Waals surface area contributed by atoms with E-state index < -0.39 is 15.7 Å². The van der Waals surface area contributed by atoms with E-state index in [2.05, 4.69) is 5.32 Å². The molecule has 0 spiro atoms. The van der Waals surface area contributed by atoms with Gasteiger partial charge in [0.05, 0.1) is 17.4 Å². The Labute approximate surface area is 142 Å². The number of esters is 1. The Balaban J connectivity index is 1.27. The molecule has 7 heteroatoms. The molecule has 4 saturated carbocycles. The van der Waals surface area contributed by atoms with Gasteiger partial charge in [-0.2, -0.15) is 0 Å². The lowest BCUT2D eigenvalue weighted by Gasteiger charge is -2.53. The highest BCUT2D eigenvalue weighted by Gasteiger charge is 2.51. The van der Waals surface area contributed by atoms with E-state index in [1.165, 1.54) is 6.42 Å². The Hall–Kier alpha value is -1.11. The van der Waals surface area contributed by atoms with Crippen molar-refractivity contribution in [2.24, 2.45) is 29.6 Å². The van der Waals surface area contributed by atoms with Crippen molar-refractivity contribution in [3.8, 4) is 0 Å². The Morgan fingerprint density at radius 1 is 1.00 bits per heavy atom.